The van der Waals surface area contributed by atoms with Gasteiger partial charge in [-0.2, -0.15) is 9.67 Å². The maximum Gasteiger partial charge on any atom is 0.273 e. The molecule has 0 fully saturated rings. The predicted molar refractivity (Wildman–Crippen MR) is 143 cm³/mol. The number of fused-ring (bicyclic) bond motifs is 2. The van der Waals surface area contributed by atoms with Crippen LogP contribution in [0.2, 0.25) is 0 Å². The summed E-state index contributed by atoms with van der Waals surface area (Å²) in [6.45, 7) is 1.90. The van der Waals surface area contributed by atoms with E-state index in [4.69, 9.17) is 5.73 Å². The number of nitrogens with two attached hydrogens (primary N) is 1. The second kappa shape index (κ2) is 7.58. The first kappa shape index (κ1) is 22.4. The van der Waals surface area contributed by atoms with Crippen LogP contribution in [0.25, 0.3) is 22.2 Å². The molecule has 4 aromatic carbocycles. The zero-order valence-electron chi connectivity index (χ0n) is 20.5. The maximum atomic E-state index is 14.7. The number of carbonyl (C=O) groups is 1. The largest absolute Gasteiger partial charge is 0.368 e. The van der Waals surface area contributed by atoms with Crippen molar-refractivity contribution in [3.8, 4) is 11.4 Å². The van der Waals surface area contributed by atoms with E-state index in [0.717, 1.165) is 16.3 Å². The number of nitrogens with zero attached hydrogens (tertiary/aromatic N) is 4. The van der Waals surface area contributed by atoms with Crippen molar-refractivity contribution in [2.45, 2.75) is 24.3 Å². The van der Waals surface area contributed by atoms with Gasteiger partial charge in [0, 0.05) is 28.0 Å². The molecule has 2 N–H and O–H groups in total. The Balaban J connectivity index is 1.48. The first-order valence-electron chi connectivity index (χ1n) is 12.5. The molecule has 0 spiro atoms. The van der Waals surface area contributed by atoms with Gasteiger partial charge in [-0.05, 0) is 27.8 Å². The molecule has 0 radical (unpaired) electrons. The van der Waals surface area contributed by atoms with E-state index >= 15 is 0 Å². The highest BCUT2D eigenvalue weighted by Gasteiger charge is 2.68. The minimum absolute atomic E-state index is 0.0221. The summed E-state index contributed by atoms with van der Waals surface area (Å²) in [5, 5.41) is 19.4. The molecule has 1 aromatic heterocycles. The Labute approximate surface area is 217 Å². The maximum absolute atomic E-state index is 14.7. The topological polar surface area (TPSA) is 117 Å². The normalized spacial score (nSPS) is 23.1. The minimum atomic E-state index is -1.42. The van der Waals surface area contributed by atoms with Gasteiger partial charge in [0.05, 0.1) is 0 Å². The summed E-state index contributed by atoms with van der Waals surface area (Å²) in [7, 11) is 0. The summed E-state index contributed by atoms with van der Waals surface area (Å²) in [5.41, 5.74) is 6.86. The molecule has 1 atom stereocenters. The number of carbonyl (C=O) groups excluding carboxylic acids is 1. The summed E-state index contributed by atoms with van der Waals surface area (Å²) in [6.07, 6.45) is 0.185. The van der Waals surface area contributed by atoms with Crippen molar-refractivity contribution in [3.63, 3.8) is 0 Å². The number of hydrogen-bond acceptors (Lipinski definition) is 6. The van der Waals surface area contributed by atoms with E-state index in [1.54, 1.807) is 24.3 Å². The van der Waals surface area contributed by atoms with Crippen molar-refractivity contribution in [1.29, 1.82) is 0 Å². The standard InChI is InChI=1S/C30H23N5O3/c1-18-17-29(35(37)38)22-13-4-6-15-24(22)30(18,25-16-7-5-14-23(25)29)27(36)34-28(31)32-26(33-34)21-12-8-10-19-9-2-3-11-20(19)21/h2-16,18H,17H2,1H3,(H2,31,32,33). The van der Waals surface area contributed by atoms with Crippen molar-refractivity contribution in [1.82, 2.24) is 14.8 Å². The quantitative estimate of drug-likeness (QED) is 0.269. The average Bonchev–Trinajstić information content (AvgIpc) is 3.33. The molecule has 8 nitrogen and oxygen atoms in total. The van der Waals surface area contributed by atoms with Crippen molar-refractivity contribution in [3.05, 3.63) is 123 Å². The van der Waals surface area contributed by atoms with Crippen LogP contribution in [0, 0.1) is 16.0 Å². The van der Waals surface area contributed by atoms with Gasteiger partial charge in [-0.1, -0.05) is 97.9 Å². The third kappa shape index (κ3) is 2.56. The van der Waals surface area contributed by atoms with Gasteiger partial charge < -0.3 is 5.73 Å². The van der Waals surface area contributed by atoms with Gasteiger partial charge >= 0.3 is 0 Å². The van der Waals surface area contributed by atoms with Crippen molar-refractivity contribution >= 4 is 22.6 Å². The molecule has 1 heterocycles. The van der Waals surface area contributed by atoms with Crippen molar-refractivity contribution in [2.24, 2.45) is 5.92 Å². The van der Waals surface area contributed by atoms with Gasteiger partial charge in [0.25, 0.3) is 11.4 Å². The molecule has 2 bridgehead atoms. The SMILES string of the molecule is CC1CC2([N+](=O)[O-])c3ccccc3C1(C(=O)n1nc(-c3cccc4ccccc34)nc1N)c1ccccc12. The lowest BCUT2D eigenvalue weighted by Gasteiger charge is -2.53. The summed E-state index contributed by atoms with van der Waals surface area (Å²) in [6, 6.07) is 28.2. The summed E-state index contributed by atoms with van der Waals surface area (Å²) in [5.74, 6) is -0.427. The molecule has 3 aliphatic carbocycles. The number of rotatable bonds is 3. The Hall–Kier alpha value is -4.85. The summed E-state index contributed by atoms with van der Waals surface area (Å²) < 4.78 is 1.19. The van der Waals surface area contributed by atoms with Crippen molar-refractivity contribution in [2.75, 3.05) is 5.73 Å². The molecule has 38 heavy (non-hydrogen) atoms. The molecule has 0 saturated heterocycles. The van der Waals surface area contributed by atoms with Crippen LogP contribution in [0.15, 0.2) is 91.0 Å². The molecule has 8 heteroatoms. The third-order valence-corrected chi connectivity index (χ3v) is 8.44. The van der Waals surface area contributed by atoms with E-state index in [1.165, 1.54) is 4.68 Å². The zero-order valence-corrected chi connectivity index (χ0v) is 20.5. The van der Waals surface area contributed by atoms with Gasteiger partial charge in [-0.25, -0.2) is 0 Å². The van der Waals surface area contributed by atoms with Gasteiger partial charge in [0.1, 0.15) is 5.41 Å². The van der Waals surface area contributed by atoms with Crippen LogP contribution in [-0.4, -0.2) is 25.6 Å². The third-order valence-electron chi connectivity index (χ3n) is 8.44. The molecular weight excluding hydrogens is 478 g/mol. The zero-order chi connectivity index (χ0) is 26.2. The molecule has 186 valence electrons. The monoisotopic (exact) mass is 501 g/mol. The number of hydrogen-bond donors (Lipinski definition) is 1. The molecule has 0 aliphatic heterocycles. The van der Waals surface area contributed by atoms with E-state index in [1.807, 2.05) is 73.7 Å². The Morgan fingerprint density at radius 3 is 2.16 bits per heavy atom. The second-order valence-corrected chi connectivity index (χ2v) is 10.2. The van der Waals surface area contributed by atoms with Crippen molar-refractivity contribution < 1.29 is 9.72 Å². The lowest BCUT2D eigenvalue weighted by atomic mass is 9.48. The summed E-state index contributed by atoms with van der Waals surface area (Å²) in [4.78, 5) is 31.8. The van der Waals surface area contributed by atoms with Gasteiger partial charge in [0.15, 0.2) is 5.82 Å². The molecule has 8 rings (SSSR count). The molecule has 5 aromatic rings. The highest BCUT2D eigenvalue weighted by atomic mass is 16.6. The van der Waals surface area contributed by atoms with Crippen LogP contribution >= 0.6 is 0 Å². The lowest BCUT2D eigenvalue weighted by Crippen LogP contribution is -2.61. The molecule has 0 saturated carbocycles. The van der Waals surface area contributed by atoms with Crippen LogP contribution in [0.4, 0.5) is 5.95 Å². The van der Waals surface area contributed by atoms with Crippen LogP contribution in [0.1, 0.15) is 40.4 Å². The highest BCUT2D eigenvalue weighted by Crippen LogP contribution is 2.62. The number of nitro groups is 1. The average molecular weight is 502 g/mol. The fourth-order valence-corrected chi connectivity index (χ4v) is 6.90. The van der Waals surface area contributed by atoms with Gasteiger partial charge in [0.2, 0.25) is 5.95 Å². The molecular formula is C30H23N5O3. The fraction of sp³-hybridized carbons (Fsp3) is 0.167. The highest BCUT2D eigenvalue weighted by molar-refractivity contribution is 5.99. The Kier molecular flexibility index (Phi) is 4.46. The Bertz CT molecular complexity index is 1750. The summed E-state index contributed by atoms with van der Waals surface area (Å²) >= 11 is 0. The number of benzene rings is 4. The van der Waals surface area contributed by atoms with E-state index in [-0.39, 0.29) is 23.2 Å². The number of anilines is 1. The molecule has 1 unspecified atom stereocenters. The number of nitrogen functional groups attached to an aromatic ring is 1. The smallest absolute Gasteiger partial charge is 0.273 e. The van der Waals surface area contributed by atoms with E-state index in [9.17, 15) is 14.9 Å². The van der Waals surface area contributed by atoms with E-state index in [0.29, 0.717) is 28.1 Å². The van der Waals surface area contributed by atoms with Gasteiger partial charge in [-0.15, -0.1) is 5.10 Å². The minimum Gasteiger partial charge on any atom is -0.368 e. The van der Waals surface area contributed by atoms with E-state index in [2.05, 4.69) is 10.1 Å². The number of aromatic nitrogens is 3. The van der Waals surface area contributed by atoms with E-state index < -0.39 is 16.9 Å². The lowest BCUT2D eigenvalue weighted by molar-refractivity contribution is -0.572. The van der Waals surface area contributed by atoms with Crippen LogP contribution in [-0.2, 0) is 11.0 Å². The van der Waals surface area contributed by atoms with Crippen LogP contribution in [0.5, 0.6) is 0 Å². The van der Waals surface area contributed by atoms with Crippen LogP contribution in [0.3, 0.4) is 0 Å². The fourth-order valence-electron chi connectivity index (χ4n) is 6.90. The van der Waals surface area contributed by atoms with Crippen LogP contribution < -0.4 is 5.73 Å². The Morgan fingerprint density at radius 1 is 0.921 bits per heavy atom. The second-order valence-electron chi connectivity index (χ2n) is 10.2. The molecule has 0 amide bonds. The van der Waals surface area contributed by atoms with Gasteiger partial charge in [-0.3, -0.25) is 14.9 Å². The molecule has 3 aliphatic rings. The predicted octanol–water partition coefficient (Wildman–Crippen LogP) is 5.18. The Morgan fingerprint density at radius 2 is 1.50 bits per heavy atom. The first-order chi connectivity index (χ1) is 18.4. The first-order valence-corrected chi connectivity index (χ1v) is 12.5.